The number of aromatic hydroxyl groups is 2. The molecule has 2 aromatic rings. The average molecular weight is 380 g/mol. The van der Waals surface area contributed by atoms with E-state index in [1.165, 1.54) is 38.5 Å². The molecule has 7 nitrogen and oxygen atoms in total. The Kier molecular flexibility index (Phi) is 7.06. The van der Waals surface area contributed by atoms with Crippen molar-refractivity contribution in [3.05, 3.63) is 65.3 Å². The number of allylic oxidation sites excluding steroid dienone is 2. The first-order valence-corrected chi connectivity index (χ1v) is 8.28. The zero-order valence-corrected chi connectivity index (χ0v) is 15.5. The van der Waals surface area contributed by atoms with Gasteiger partial charge in [-0.05, 0) is 41.5 Å². The van der Waals surface area contributed by atoms with E-state index in [4.69, 9.17) is 9.47 Å². The summed E-state index contributed by atoms with van der Waals surface area (Å²) in [7, 11) is 3.06. The van der Waals surface area contributed by atoms with Gasteiger partial charge in [0.05, 0.1) is 14.2 Å². The standard InChI is InChI=1S/C21H20N2O5/c1-27-19-9-7-15(11-20(19)28-2)13-23-21(26)16(12-22)5-3-4-14-6-8-17(24)18(25)10-14/h3-11,24-25H,13H2,1-2H3,(H,23,26). The van der Waals surface area contributed by atoms with Crippen molar-refractivity contribution < 1.29 is 24.5 Å². The van der Waals surface area contributed by atoms with E-state index >= 15 is 0 Å². The van der Waals surface area contributed by atoms with E-state index in [1.807, 2.05) is 6.07 Å². The van der Waals surface area contributed by atoms with Gasteiger partial charge < -0.3 is 25.0 Å². The molecule has 0 aromatic heterocycles. The van der Waals surface area contributed by atoms with Gasteiger partial charge in [0, 0.05) is 6.54 Å². The zero-order chi connectivity index (χ0) is 20.5. The second-order valence-electron chi connectivity index (χ2n) is 5.67. The summed E-state index contributed by atoms with van der Waals surface area (Å²) in [6.45, 7) is 0.216. The van der Waals surface area contributed by atoms with Crippen LogP contribution in [0.2, 0.25) is 0 Å². The molecule has 0 atom stereocenters. The summed E-state index contributed by atoms with van der Waals surface area (Å²) in [6.07, 6.45) is 4.48. The molecule has 0 unspecified atom stereocenters. The van der Waals surface area contributed by atoms with E-state index < -0.39 is 5.91 Å². The molecule has 0 saturated carbocycles. The van der Waals surface area contributed by atoms with Gasteiger partial charge in [-0.1, -0.05) is 24.3 Å². The summed E-state index contributed by atoms with van der Waals surface area (Å²) in [5.74, 6) is 0.140. The summed E-state index contributed by atoms with van der Waals surface area (Å²) in [4.78, 5) is 12.2. The van der Waals surface area contributed by atoms with Gasteiger partial charge in [0.15, 0.2) is 23.0 Å². The molecule has 0 radical (unpaired) electrons. The van der Waals surface area contributed by atoms with Crippen LogP contribution in [0.4, 0.5) is 0 Å². The van der Waals surface area contributed by atoms with Crippen LogP contribution in [0.3, 0.4) is 0 Å². The predicted octanol–water partition coefficient (Wildman–Crippen LogP) is 2.89. The molecule has 2 rings (SSSR count). The van der Waals surface area contributed by atoms with Crippen LogP contribution in [0.25, 0.3) is 6.08 Å². The lowest BCUT2D eigenvalue weighted by Crippen LogP contribution is -2.24. The second-order valence-corrected chi connectivity index (χ2v) is 5.67. The number of carbonyl (C=O) groups excluding carboxylic acids is 1. The van der Waals surface area contributed by atoms with Crippen molar-refractivity contribution in [3.8, 4) is 29.1 Å². The van der Waals surface area contributed by atoms with Gasteiger partial charge in [0.1, 0.15) is 11.6 Å². The fraction of sp³-hybridized carbons (Fsp3) is 0.143. The van der Waals surface area contributed by atoms with Gasteiger partial charge in [-0.3, -0.25) is 4.79 Å². The summed E-state index contributed by atoms with van der Waals surface area (Å²) in [5, 5.41) is 30.6. The van der Waals surface area contributed by atoms with Crippen LogP contribution in [0, 0.1) is 11.3 Å². The minimum absolute atomic E-state index is 0.0697. The van der Waals surface area contributed by atoms with E-state index in [0.717, 1.165) is 5.56 Å². The Balaban J connectivity index is 2.03. The zero-order valence-electron chi connectivity index (χ0n) is 15.5. The van der Waals surface area contributed by atoms with Gasteiger partial charge in [0.2, 0.25) is 0 Å². The molecule has 0 aliphatic carbocycles. The lowest BCUT2D eigenvalue weighted by molar-refractivity contribution is -0.117. The van der Waals surface area contributed by atoms with E-state index in [-0.39, 0.29) is 23.6 Å². The highest BCUT2D eigenvalue weighted by Crippen LogP contribution is 2.27. The molecule has 3 N–H and O–H groups in total. The van der Waals surface area contributed by atoms with E-state index in [0.29, 0.717) is 17.1 Å². The van der Waals surface area contributed by atoms with Gasteiger partial charge >= 0.3 is 0 Å². The minimum Gasteiger partial charge on any atom is -0.504 e. The van der Waals surface area contributed by atoms with Crippen LogP contribution in [0.1, 0.15) is 11.1 Å². The maximum atomic E-state index is 12.2. The maximum absolute atomic E-state index is 12.2. The molecule has 0 heterocycles. The topological polar surface area (TPSA) is 112 Å². The number of methoxy groups -OCH3 is 2. The SMILES string of the molecule is COc1ccc(CNC(=O)C(C#N)=CC=Cc2ccc(O)c(O)c2)cc1OC. The fourth-order valence-corrected chi connectivity index (χ4v) is 2.33. The number of benzene rings is 2. The number of nitriles is 1. The number of nitrogens with zero attached hydrogens (tertiary/aromatic N) is 1. The highest BCUT2D eigenvalue weighted by Gasteiger charge is 2.09. The van der Waals surface area contributed by atoms with E-state index in [9.17, 15) is 20.3 Å². The molecule has 0 bridgehead atoms. The van der Waals surface area contributed by atoms with Gasteiger partial charge in [-0.15, -0.1) is 0 Å². The number of hydrogen-bond acceptors (Lipinski definition) is 6. The van der Waals surface area contributed by atoms with E-state index in [2.05, 4.69) is 5.32 Å². The van der Waals surface area contributed by atoms with Crippen LogP contribution in [0.15, 0.2) is 54.1 Å². The van der Waals surface area contributed by atoms with Crippen molar-refractivity contribution in [1.29, 1.82) is 5.26 Å². The first-order valence-electron chi connectivity index (χ1n) is 8.28. The van der Waals surface area contributed by atoms with Crippen LogP contribution in [0.5, 0.6) is 23.0 Å². The first-order chi connectivity index (χ1) is 13.5. The number of phenolic OH excluding ortho intramolecular Hbond substituents is 2. The molecular formula is C21H20N2O5. The largest absolute Gasteiger partial charge is 0.504 e. The lowest BCUT2D eigenvalue weighted by Gasteiger charge is -2.10. The molecule has 1 amide bonds. The molecule has 0 aliphatic rings. The molecule has 144 valence electrons. The fourth-order valence-electron chi connectivity index (χ4n) is 2.33. The molecule has 2 aromatic carbocycles. The number of rotatable bonds is 7. The minimum atomic E-state index is -0.518. The lowest BCUT2D eigenvalue weighted by atomic mass is 10.1. The van der Waals surface area contributed by atoms with Gasteiger partial charge in [-0.2, -0.15) is 5.26 Å². The second kappa shape index (κ2) is 9.69. The third kappa shape index (κ3) is 5.29. The predicted molar refractivity (Wildman–Crippen MR) is 104 cm³/mol. The smallest absolute Gasteiger partial charge is 0.262 e. The van der Waals surface area contributed by atoms with Crippen molar-refractivity contribution in [2.24, 2.45) is 0 Å². The van der Waals surface area contributed by atoms with Gasteiger partial charge in [-0.25, -0.2) is 0 Å². The van der Waals surface area contributed by atoms with Crippen molar-refractivity contribution in [2.45, 2.75) is 6.54 Å². The Labute approximate surface area is 162 Å². The molecule has 28 heavy (non-hydrogen) atoms. The first kappa shape index (κ1) is 20.4. The molecular weight excluding hydrogens is 360 g/mol. The van der Waals surface area contributed by atoms with Crippen LogP contribution in [-0.2, 0) is 11.3 Å². The van der Waals surface area contributed by atoms with Gasteiger partial charge in [0.25, 0.3) is 5.91 Å². The normalized spacial score (nSPS) is 11.1. The Morgan fingerprint density at radius 3 is 2.50 bits per heavy atom. The molecule has 7 heteroatoms. The molecule has 0 saturated heterocycles. The van der Waals surface area contributed by atoms with Crippen molar-refractivity contribution in [3.63, 3.8) is 0 Å². The maximum Gasteiger partial charge on any atom is 0.262 e. The summed E-state index contributed by atoms with van der Waals surface area (Å²) < 4.78 is 10.4. The van der Waals surface area contributed by atoms with Crippen molar-refractivity contribution >= 4 is 12.0 Å². The average Bonchev–Trinajstić information content (AvgIpc) is 2.71. The van der Waals surface area contributed by atoms with Crippen molar-refractivity contribution in [1.82, 2.24) is 5.32 Å². The Bertz CT molecular complexity index is 958. The number of nitrogens with one attached hydrogen (secondary N) is 1. The monoisotopic (exact) mass is 380 g/mol. The summed E-state index contributed by atoms with van der Waals surface area (Å²) >= 11 is 0. The molecule has 0 spiro atoms. The summed E-state index contributed by atoms with van der Waals surface area (Å²) in [5.41, 5.74) is 1.33. The molecule has 0 aliphatic heterocycles. The third-order valence-corrected chi connectivity index (χ3v) is 3.82. The Morgan fingerprint density at radius 1 is 1.11 bits per heavy atom. The quantitative estimate of drug-likeness (QED) is 0.295. The number of amides is 1. The molecule has 0 fully saturated rings. The Hall–Kier alpha value is -3.92. The summed E-state index contributed by atoms with van der Waals surface area (Å²) in [6, 6.07) is 11.4. The highest BCUT2D eigenvalue weighted by molar-refractivity contribution is 5.97. The van der Waals surface area contributed by atoms with Crippen LogP contribution in [-0.4, -0.2) is 30.3 Å². The number of carbonyl (C=O) groups is 1. The number of ether oxygens (including phenoxy) is 2. The van der Waals surface area contributed by atoms with Crippen LogP contribution < -0.4 is 14.8 Å². The van der Waals surface area contributed by atoms with Crippen LogP contribution >= 0.6 is 0 Å². The Morgan fingerprint density at radius 2 is 1.86 bits per heavy atom. The third-order valence-electron chi connectivity index (χ3n) is 3.82. The van der Waals surface area contributed by atoms with E-state index in [1.54, 1.807) is 30.3 Å². The highest BCUT2D eigenvalue weighted by atomic mass is 16.5. The number of hydrogen-bond donors (Lipinski definition) is 3. The van der Waals surface area contributed by atoms with Crippen molar-refractivity contribution in [2.75, 3.05) is 14.2 Å². The number of phenols is 2.